The van der Waals surface area contributed by atoms with Crippen LogP contribution in [0.1, 0.15) is 5.56 Å². The van der Waals surface area contributed by atoms with Crippen molar-refractivity contribution in [1.29, 1.82) is 0 Å². The third kappa shape index (κ3) is 2.04. The van der Waals surface area contributed by atoms with E-state index >= 15 is 0 Å². The van der Waals surface area contributed by atoms with Crippen LogP contribution in [0.15, 0.2) is 30.9 Å². The minimum atomic E-state index is -3.06. The Balaban J connectivity index is 3.19. The van der Waals surface area contributed by atoms with Gasteiger partial charge in [0.1, 0.15) is 5.75 Å². The van der Waals surface area contributed by atoms with Crippen molar-refractivity contribution < 1.29 is 13.5 Å². The number of methoxy groups -OCH3 is 1. The fraction of sp³-hybridized carbons (Fsp3) is 0.200. The van der Waals surface area contributed by atoms with Crippen LogP contribution < -0.4 is 4.74 Å². The lowest BCUT2D eigenvalue weighted by atomic mass is 10.1. The van der Waals surface area contributed by atoms with Gasteiger partial charge in [-0.1, -0.05) is 24.2 Å². The summed E-state index contributed by atoms with van der Waals surface area (Å²) in [7, 11) is 1.37. The van der Waals surface area contributed by atoms with Crippen molar-refractivity contribution in [3.8, 4) is 5.75 Å². The van der Waals surface area contributed by atoms with Gasteiger partial charge in [-0.15, -0.1) is 0 Å². The largest absolute Gasteiger partial charge is 0.495 e. The van der Waals surface area contributed by atoms with E-state index in [9.17, 15) is 8.78 Å². The summed E-state index contributed by atoms with van der Waals surface area (Å²) in [6.45, 7) is 3.06. The van der Waals surface area contributed by atoms with E-state index in [1.165, 1.54) is 25.3 Å². The monoisotopic (exact) mass is 218 g/mol. The molecule has 1 nitrogen and oxygen atoms in total. The second kappa shape index (κ2) is 3.96. The van der Waals surface area contributed by atoms with Gasteiger partial charge in [0.2, 0.25) is 0 Å². The molecule has 0 saturated heterocycles. The molecule has 0 aliphatic heterocycles. The molecular formula is C10H9ClF2O. The predicted octanol–water partition coefficient (Wildman–Crippen LogP) is 3.63. The number of rotatable bonds is 3. The number of benzene rings is 1. The number of ether oxygens (including phenoxy) is 1. The van der Waals surface area contributed by atoms with Crippen molar-refractivity contribution >= 4 is 11.6 Å². The summed E-state index contributed by atoms with van der Waals surface area (Å²) in [4.78, 5) is 0. The molecule has 1 rings (SSSR count). The van der Waals surface area contributed by atoms with E-state index in [-0.39, 0.29) is 11.3 Å². The maximum atomic E-state index is 13.1. The van der Waals surface area contributed by atoms with Crippen LogP contribution in [-0.4, -0.2) is 7.11 Å². The quantitative estimate of drug-likeness (QED) is 0.704. The topological polar surface area (TPSA) is 9.23 Å². The van der Waals surface area contributed by atoms with Crippen molar-refractivity contribution in [3.05, 3.63) is 41.4 Å². The Morgan fingerprint density at radius 3 is 2.64 bits per heavy atom. The molecule has 0 amide bonds. The van der Waals surface area contributed by atoms with Gasteiger partial charge < -0.3 is 4.74 Å². The molecule has 0 aromatic heterocycles. The second-order valence-electron chi connectivity index (χ2n) is 2.68. The molecule has 0 aliphatic carbocycles. The van der Waals surface area contributed by atoms with Gasteiger partial charge in [-0.25, -0.2) is 0 Å². The maximum Gasteiger partial charge on any atom is 0.291 e. The molecule has 0 N–H and O–H groups in total. The Bertz CT molecular complexity index is 350. The van der Waals surface area contributed by atoms with Crippen LogP contribution in [0.25, 0.3) is 0 Å². The van der Waals surface area contributed by atoms with Crippen LogP contribution in [-0.2, 0) is 5.92 Å². The molecule has 4 heteroatoms. The van der Waals surface area contributed by atoms with Gasteiger partial charge in [0.15, 0.2) is 0 Å². The zero-order valence-corrected chi connectivity index (χ0v) is 8.31. The van der Waals surface area contributed by atoms with Gasteiger partial charge in [0.05, 0.1) is 12.1 Å². The molecular weight excluding hydrogens is 210 g/mol. The molecule has 14 heavy (non-hydrogen) atoms. The first-order valence-electron chi connectivity index (χ1n) is 3.86. The lowest BCUT2D eigenvalue weighted by Gasteiger charge is -2.13. The van der Waals surface area contributed by atoms with Gasteiger partial charge in [-0.05, 0) is 18.2 Å². The Labute approximate surface area is 85.9 Å². The highest BCUT2D eigenvalue weighted by molar-refractivity contribution is 6.32. The van der Waals surface area contributed by atoms with E-state index in [0.29, 0.717) is 11.1 Å². The minimum Gasteiger partial charge on any atom is -0.495 e. The molecule has 1 aromatic carbocycles. The molecule has 0 aliphatic rings. The zero-order chi connectivity index (χ0) is 10.8. The lowest BCUT2D eigenvalue weighted by molar-refractivity contribution is 0.0523. The van der Waals surface area contributed by atoms with Crippen LogP contribution in [0.3, 0.4) is 0 Å². The van der Waals surface area contributed by atoms with Crippen molar-refractivity contribution in [3.63, 3.8) is 0 Å². The summed E-state index contributed by atoms with van der Waals surface area (Å²) in [5.41, 5.74) is -0.186. The molecule has 0 fully saturated rings. The molecule has 0 radical (unpaired) electrons. The number of hydrogen-bond acceptors (Lipinski definition) is 1. The van der Waals surface area contributed by atoms with Crippen molar-refractivity contribution in [2.45, 2.75) is 5.92 Å². The van der Waals surface area contributed by atoms with E-state index in [0.717, 1.165) is 0 Å². The fourth-order valence-corrected chi connectivity index (χ4v) is 1.18. The van der Waals surface area contributed by atoms with E-state index in [4.69, 9.17) is 16.3 Å². The Morgan fingerprint density at radius 2 is 2.14 bits per heavy atom. The standard InChI is InChI=1S/C10H9ClF2O/c1-3-10(12,13)7-4-5-8(11)9(6-7)14-2/h3-6H,1H2,2H3. The number of halogens is 3. The van der Waals surface area contributed by atoms with Crippen molar-refractivity contribution in [1.82, 2.24) is 0 Å². The lowest BCUT2D eigenvalue weighted by Crippen LogP contribution is -2.08. The van der Waals surface area contributed by atoms with Gasteiger partial charge in [0.25, 0.3) is 5.92 Å². The molecule has 0 heterocycles. The van der Waals surface area contributed by atoms with Gasteiger partial charge in [-0.2, -0.15) is 8.78 Å². The van der Waals surface area contributed by atoms with Gasteiger partial charge in [0, 0.05) is 5.56 Å². The average molecular weight is 219 g/mol. The Kier molecular flexibility index (Phi) is 3.11. The predicted molar refractivity (Wildman–Crippen MR) is 52.1 cm³/mol. The molecule has 1 aromatic rings. The normalized spacial score (nSPS) is 11.1. The molecule has 0 bridgehead atoms. The number of alkyl halides is 2. The summed E-state index contributed by atoms with van der Waals surface area (Å²) in [6, 6.07) is 3.81. The summed E-state index contributed by atoms with van der Waals surface area (Å²) in [5.74, 6) is -2.83. The van der Waals surface area contributed by atoms with Gasteiger partial charge in [-0.3, -0.25) is 0 Å². The zero-order valence-electron chi connectivity index (χ0n) is 7.56. The number of allylic oxidation sites excluding steroid dienone is 1. The summed E-state index contributed by atoms with van der Waals surface area (Å²) in [5, 5.41) is 0.302. The molecule has 0 atom stereocenters. The van der Waals surface area contributed by atoms with Crippen LogP contribution in [0.4, 0.5) is 8.78 Å². The Morgan fingerprint density at radius 1 is 1.50 bits per heavy atom. The van der Waals surface area contributed by atoms with E-state index < -0.39 is 5.92 Å². The van der Waals surface area contributed by atoms with Crippen LogP contribution in [0.5, 0.6) is 5.75 Å². The number of hydrogen-bond donors (Lipinski definition) is 0. The molecule has 76 valence electrons. The highest BCUT2D eigenvalue weighted by Crippen LogP contribution is 2.34. The summed E-state index contributed by atoms with van der Waals surface area (Å²) in [6.07, 6.45) is 0.579. The third-order valence-electron chi connectivity index (χ3n) is 1.79. The van der Waals surface area contributed by atoms with Crippen molar-refractivity contribution in [2.75, 3.05) is 7.11 Å². The SMILES string of the molecule is C=CC(F)(F)c1ccc(Cl)c(OC)c1. The maximum absolute atomic E-state index is 13.1. The van der Waals surface area contributed by atoms with Gasteiger partial charge >= 0.3 is 0 Å². The van der Waals surface area contributed by atoms with Crippen LogP contribution in [0, 0.1) is 0 Å². The highest BCUT2D eigenvalue weighted by atomic mass is 35.5. The third-order valence-corrected chi connectivity index (χ3v) is 2.10. The second-order valence-corrected chi connectivity index (χ2v) is 3.08. The minimum absolute atomic E-state index is 0.186. The molecule has 0 unspecified atom stereocenters. The van der Waals surface area contributed by atoms with E-state index in [2.05, 4.69) is 6.58 Å². The first-order chi connectivity index (χ1) is 6.51. The highest BCUT2D eigenvalue weighted by Gasteiger charge is 2.27. The first kappa shape index (κ1) is 11.0. The van der Waals surface area contributed by atoms with Crippen molar-refractivity contribution in [2.24, 2.45) is 0 Å². The Hall–Kier alpha value is -1.09. The van der Waals surface area contributed by atoms with E-state index in [1.54, 1.807) is 0 Å². The fourth-order valence-electron chi connectivity index (χ4n) is 0.985. The van der Waals surface area contributed by atoms with Crippen LogP contribution in [0.2, 0.25) is 5.02 Å². The molecule has 0 saturated carbocycles. The first-order valence-corrected chi connectivity index (χ1v) is 4.24. The molecule has 0 spiro atoms. The average Bonchev–Trinajstić information content (AvgIpc) is 2.18. The van der Waals surface area contributed by atoms with E-state index in [1.807, 2.05) is 0 Å². The summed E-state index contributed by atoms with van der Waals surface area (Å²) >= 11 is 5.69. The smallest absolute Gasteiger partial charge is 0.291 e. The summed E-state index contributed by atoms with van der Waals surface area (Å²) < 4.78 is 31.1. The van der Waals surface area contributed by atoms with Crippen LogP contribution >= 0.6 is 11.6 Å².